The third-order valence-electron chi connectivity index (χ3n) is 3.02. The third kappa shape index (κ3) is 2.62. The first-order chi connectivity index (χ1) is 6.80. The van der Waals surface area contributed by atoms with E-state index in [2.05, 4.69) is 72.6 Å². The lowest BCUT2D eigenvalue weighted by molar-refractivity contribution is 0.628. The fourth-order valence-corrected chi connectivity index (χ4v) is 12.3. The van der Waals surface area contributed by atoms with Gasteiger partial charge in [0.1, 0.15) is 8.24 Å². The van der Waals surface area contributed by atoms with Gasteiger partial charge in [-0.15, -0.1) is 0 Å². The van der Waals surface area contributed by atoms with E-state index in [-0.39, 0.29) is 0 Å². The zero-order valence-electron chi connectivity index (χ0n) is 10.9. The van der Waals surface area contributed by atoms with Gasteiger partial charge in [-0.05, 0) is 44.2 Å². The van der Waals surface area contributed by atoms with Crippen LogP contribution in [0.15, 0.2) is 24.5 Å². The Labute approximate surface area is 96.2 Å². The number of nitrogens with zero attached hydrogens (tertiary/aromatic N) is 2. The lowest BCUT2D eigenvalue weighted by atomic mass is 10.7. The van der Waals surface area contributed by atoms with Gasteiger partial charge in [0.05, 0.1) is 0 Å². The van der Waals surface area contributed by atoms with E-state index in [1.54, 1.807) is 0 Å². The number of hydrogen-bond acceptors (Lipinski definition) is 1. The van der Waals surface area contributed by atoms with Gasteiger partial charge >= 0.3 is 0 Å². The highest BCUT2D eigenvalue weighted by Crippen LogP contribution is 2.20. The summed E-state index contributed by atoms with van der Waals surface area (Å²) >= 11 is 0. The molecule has 0 aliphatic carbocycles. The van der Waals surface area contributed by atoms with Crippen molar-refractivity contribution in [2.45, 2.75) is 39.7 Å². The van der Waals surface area contributed by atoms with Crippen LogP contribution in [0.3, 0.4) is 0 Å². The summed E-state index contributed by atoms with van der Waals surface area (Å²) in [6.07, 6.45) is 4.43. The zero-order valence-corrected chi connectivity index (χ0v) is 12.9. The molecule has 1 aromatic heterocycles. The predicted molar refractivity (Wildman–Crippen MR) is 73.0 cm³/mol. The Kier molecular flexibility index (Phi) is 3.63. The lowest BCUT2D eigenvalue weighted by Crippen LogP contribution is -2.63. The van der Waals surface area contributed by atoms with Crippen LogP contribution in [-0.4, -0.2) is 31.6 Å². The van der Waals surface area contributed by atoms with Gasteiger partial charge in [-0.1, -0.05) is 26.6 Å². The van der Waals surface area contributed by atoms with Crippen molar-refractivity contribution in [1.82, 2.24) is 8.46 Å². The van der Waals surface area contributed by atoms with E-state index in [1.165, 1.54) is 6.54 Å². The summed E-state index contributed by atoms with van der Waals surface area (Å²) < 4.78 is 5.22. The molecule has 0 amide bonds. The molecular formula is C11H24N2Si2. The monoisotopic (exact) mass is 240 g/mol. The van der Waals surface area contributed by atoms with Crippen LogP contribution in [0.1, 0.15) is 6.92 Å². The van der Waals surface area contributed by atoms with Crippen LogP contribution in [0.25, 0.3) is 0 Å². The normalized spacial score (nSPS) is 13.5. The molecule has 0 bridgehead atoms. The molecule has 0 fully saturated rings. The minimum absolute atomic E-state index is 1.17. The molecule has 4 heteroatoms. The molecule has 0 atom stereocenters. The highest BCUT2D eigenvalue weighted by atomic mass is 28.4. The molecule has 2 nitrogen and oxygen atoms in total. The summed E-state index contributed by atoms with van der Waals surface area (Å²) in [5.74, 6) is 0. The molecule has 0 saturated carbocycles. The molecule has 86 valence electrons. The first-order valence-electron chi connectivity index (χ1n) is 5.71. The van der Waals surface area contributed by atoms with Gasteiger partial charge in [0.25, 0.3) is 0 Å². The Hall–Kier alpha value is -0.326. The Morgan fingerprint density at radius 1 is 1.00 bits per heavy atom. The minimum atomic E-state index is -1.48. The molecular weight excluding hydrogens is 216 g/mol. The molecule has 15 heavy (non-hydrogen) atoms. The maximum Gasteiger partial charge on any atom is 0.226 e. The van der Waals surface area contributed by atoms with Gasteiger partial charge < -0.3 is 8.46 Å². The second kappa shape index (κ2) is 4.27. The highest BCUT2D eigenvalue weighted by Gasteiger charge is 2.38. The van der Waals surface area contributed by atoms with Crippen molar-refractivity contribution >= 4 is 16.6 Å². The van der Waals surface area contributed by atoms with Crippen LogP contribution in [0.5, 0.6) is 0 Å². The molecule has 0 N–H and O–H groups in total. The molecule has 0 aromatic carbocycles. The van der Waals surface area contributed by atoms with Gasteiger partial charge in [0.15, 0.2) is 0 Å². The molecule has 1 heterocycles. The summed E-state index contributed by atoms with van der Waals surface area (Å²) in [6.45, 7) is 15.7. The van der Waals surface area contributed by atoms with Crippen LogP contribution in [0.4, 0.5) is 0 Å². The van der Waals surface area contributed by atoms with Crippen LogP contribution in [0, 0.1) is 0 Å². The average Bonchev–Trinajstić information content (AvgIpc) is 2.52. The maximum atomic E-state index is 2.78. The van der Waals surface area contributed by atoms with Crippen LogP contribution in [0.2, 0.25) is 32.7 Å². The van der Waals surface area contributed by atoms with E-state index >= 15 is 0 Å². The van der Waals surface area contributed by atoms with Crippen LogP contribution >= 0.6 is 0 Å². The van der Waals surface area contributed by atoms with E-state index in [0.29, 0.717) is 0 Å². The first kappa shape index (κ1) is 12.7. The number of aromatic nitrogens is 1. The quantitative estimate of drug-likeness (QED) is 0.734. The molecule has 1 aromatic rings. The maximum absolute atomic E-state index is 2.78. The van der Waals surface area contributed by atoms with Crippen molar-refractivity contribution in [3.8, 4) is 0 Å². The van der Waals surface area contributed by atoms with E-state index < -0.39 is 16.6 Å². The van der Waals surface area contributed by atoms with E-state index in [9.17, 15) is 0 Å². The van der Waals surface area contributed by atoms with Gasteiger partial charge in [0.2, 0.25) is 8.40 Å². The minimum Gasteiger partial charge on any atom is -0.368 e. The molecule has 0 radical (unpaired) electrons. The Balaban J connectivity index is 3.03. The average molecular weight is 240 g/mol. The second-order valence-corrected chi connectivity index (χ2v) is 14.9. The zero-order chi connectivity index (χ0) is 11.7. The number of hydrogen-bond donors (Lipinski definition) is 0. The predicted octanol–water partition coefficient (Wildman–Crippen LogP) is 3.19. The Morgan fingerprint density at radius 3 is 1.80 bits per heavy atom. The smallest absolute Gasteiger partial charge is 0.226 e. The number of rotatable bonds is 4. The third-order valence-corrected chi connectivity index (χ3v) is 11.8. The standard InChI is InChI=1S/C11H24N2Si2/c1-7-13(14(2,3)4)15(5,6)12-10-8-9-11-12/h8-11H,7H2,1-6H3. The van der Waals surface area contributed by atoms with Crippen molar-refractivity contribution in [2.75, 3.05) is 6.54 Å². The summed E-state index contributed by atoms with van der Waals surface area (Å²) in [4.78, 5) is 0. The summed E-state index contributed by atoms with van der Waals surface area (Å²) in [7, 11) is -2.68. The SMILES string of the molecule is CCN([Si](C)(C)C)[Si](C)(C)n1cccc1. The molecule has 0 saturated heterocycles. The molecule has 0 spiro atoms. The molecule has 0 aliphatic rings. The van der Waals surface area contributed by atoms with Crippen molar-refractivity contribution in [3.63, 3.8) is 0 Å². The fraction of sp³-hybridized carbons (Fsp3) is 0.636. The van der Waals surface area contributed by atoms with E-state index in [1.807, 2.05) is 0 Å². The molecule has 0 unspecified atom stereocenters. The van der Waals surface area contributed by atoms with Crippen molar-refractivity contribution in [3.05, 3.63) is 24.5 Å². The van der Waals surface area contributed by atoms with E-state index in [4.69, 9.17) is 0 Å². The van der Waals surface area contributed by atoms with Crippen molar-refractivity contribution in [1.29, 1.82) is 0 Å². The summed E-state index contributed by atoms with van der Waals surface area (Å²) in [5.41, 5.74) is 0. The molecule has 0 aliphatic heterocycles. The molecule has 1 rings (SSSR count). The van der Waals surface area contributed by atoms with Gasteiger partial charge in [-0.3, -0.25) is 0 Å². The van der Waals surface area contributed by atoms with Gasteiger partial charge in [-0.25, -0.2) is 0 Å². The lowest BCUT2D eigenvalue weighted by Gasteiger charge is -2.45. The van der Waals surface area contributed by atoms with Crippen molar-refractivity contribution in [2.24, 2.45) is 0 Å². The second-order valence-electron chi connectivity index (χ2n) is 5.50. The van der Waals surface area contributed by atoms with Crippen LogP contribution in [-0.2, 0) is 0 Å². The topological polar surface area (TPSA) is 8.17 Å². The van der Waals surface area contributed by atoms with Gasteiger partial charge in [0, 0.05) is 0 Å². The largest absolute Gasteiger partial charge is 0.368 e. The van der Waals surface area contributed by atoms with Crippen molar-refractivity contribution < 1.29 is 0 Å². The summed E-state index contributed by atoms with van der Waals surface area (Å²) in [6, 6.07) is 4.26. The van der Waals surface area contributed by atoms with Gasteiger partial charge in [-0.2, -0.15) is 0 Å². The van der Waals surface area contributed by atoms with Crippen LogP contribution < -0.4 is 0 Å². The van der Waals surface area contributed by atoms with E-state index in [0.717, 1.165) is 0 Å². The Bertz CT molecular complexity index is 299. The Morgan fingerprint density at radius 2 is 1.47 bits per heavy atom. The summed E-state index contributed by atoms with van der Waals surface area (Å²) in [5, 5.41) is 0. The first-order valence-corrected chi connectivity index (χ1v) is 12.1. The fourth-order valence-electron chi connectivity index (χ4n) is 2.52. The highest BCUT2D eigenvalue weighted by molar-refractivity contribution is 6.89.